The normalized spacial score (nSPS) is 34.1. The molecule has 0 bridgehead atoms. The van der Waals surface area contributed by atoms with Crippen molar-refractivity contribution in [3.05, 3.63) is 37.0 Å². The van der Waals surface area contributed by atoms with Crippen molar-refractivity contribution in [3.8, 4) is 0 Å². The third-order valence-electron chi connectivity index (χ3n) is 4.29. The summed E-state index contributed by atoms with van der Waals surface area (Å²) in [6, 6.07) is 0. The monoisotopic (exact) mass is 284 g/mol. The molecule has 0 spiro atoms. The van der Waals surface area contributed by atoms with E-state index in [0.29, 0.717) is 12.8 Å². The molecular weight excluding hydrogens is 264 g/mol. The van der Waals surface area contributed by atoms with Gasteiger partial charge in [0.25, 0.3) is 10.1 Å². The lowest BCUT2D eigenvalue weighted by Crippen LogP contribution is -2.47. The quantitative estimate of drug-likeness (QED) is 0.615. The highest BCUT2D eigenvalue weighted by Crippen LogP contribution is 2.47. The molecule has 2 N–H and O–H groups in total. The number of hydrogen-bond acceptors (Lipinski definition) is 3. The zero-order valence-corrected chi connectivity index (χ0v) is 11.6. The van der Waals surface area contributed by atoms with Crippen LogP contribution in [0.4, 0.5) is 0 Å². The van der Waals surface area contributed by atoms with Crippen molar-refractivity contribution in [2.75, 3.05) is 0 Å². The highest BCUT2D eigenvalue weighted by Gasteiger charge is 2.46. The second-order valence-electron chi connectivity index (χ2n) is 5.43. The highest BCUT2D eigenvalue weighted by atomic mass is 32.2. The zero-order chi connectivity index (χ0) is 14.1. The first kappa shape index (κ1) is 14.5. The van der Waals surface area contributed by atoms with E-state index in [2.05, 4.69) is 6.58 Å². The molecule has 1 saturated carbocycles. The Balaban J connectivity index is 2.32. The van der Waals surface area contributed by atoms with Crippen LogP contribution in [0.5, 0.6) is 0 Å². The van der Waals surface area contributed by atoms with Crippen molar-refractivity contribution in [1.29, 1.82) is 0 Å². The van der Waals surface area contributed by atoms with Gasteiger partial charge in [0.1, 0.15) is 5.25 Å². The molecule has 0 saturated heterocycles. The molecule has 2 aliphatic rings. The van der Waals surface area contributed by atoms with Gasteiger partial charge < -0.3 is 5.11 Å². The van der Waals surface area contributed by atoms with Gasteiger partial charge in [-0.3, -0.25) is 4.55 Å². The van der Waals surface area contributed by atoms with Gasteiger partial charge >= 0.3 is 0 Å². The maximum atomic E-state index is 11.1. The van der Waals surface area contributed by atoms with E-state index in [-0.39, 0.29) is 0 Å². The molecule has 0 heterocycles. The second kappa shape index (κ2) is 4.89. The highest BCUT2D eigenvalue weighted by molar-refractivity contribution is 7.86. The Kier molecular flexibility index (Phi) is 3.73. The van der Waals surface area contributed by atoms with E-state index < -0.39 is 26.4 Å². The first-order valence-electron chi connectivity index (χ1n) is 6.54. The molecule has 0 aromatic rings. The van der Waals surface area contributed by atoms with Crippen LogP contribution in [0, 0.1) is 5.41 Å². The van der Waals surface area contributed by atoms with Crippen molar-refractivity contribution in [2.24, 2.45) is 5.41 Å². The van der Waals surface area contributed by atoms with E-state index in [9.17, 15) is 13.5 Å². The van der Waals surface area contributed by atoms with Crippen LogP contribution in [0.15, 0.2) is 37.0 Å². The molecular formula is C14H20O4S. The lowest BCUT2D eigenvalue weighted by molar-refractivity contribution is -0.0472. The Morgan fingerprint density at radius 2 is 1.68 bits per heavy atom. The molecule has 19 heavy (non-hydrogen) atoms. The summed E-state index contributed by atoms with van der Waals surface area (Å²) in [5.41, 5.74) is -1.65. The van der Waals surface area contributed by atoms with Crippen molar-refractivity contribution in [1.82, 2.24) is 0 Å². The number of rotatable bonds is 3. The minimum atomic E-state index is -4.12. The predicted molar refractivity (Wildman–Crippen MR) is 74.3 cm³/mol. The first-order chi connectivity index (χ1) is 8.83. The van der Waals surface area contributed by atoms with Gasteiger partial charge in [-0.2, -0.15) is 8.42 Å². The molecule has 106 valence electrons. The summed E-state index contributed by atoms with van der Waals surface area (Å²) in [5.74, 6) is 0. The van der Waals surface area contributed by atoms with Gasteiger partial charge in [0, 0.05) is 0 Å². The fraction of sp³-hybridized carbons (Fsp3) is 0.571. The molecule has 0 amide bonds. The van der Waals surface area contributed by atoms with Crippen LogP contribution in [-0.4, -0.2) is 28.9 Å². The number of hydrogen-bond donors (Lipinski definition) is 2. The van der Waals surface area contributed by atoms with Gasteiger partial charge in [-0.15, -0.1) is 6.58 Å². The van der Waals surface area contributed by atoms with E-state index in [1.807, 2.05) is 0 Å². The Bertz CT molecular complexity index is 496. The van der Waals surface area contributed by atoms with Gasteiger partial charge in [-0.05, 0) is 12.8 Å². The zero-order valence-electron chi connectivity index (χ0n) is 10.8. The van der Waals surface area contributed by atoms with E-state index in [4.69, 9.17) is 4.55 Å². The van der Waals surface area contributed by atoms with Gasteiger partial charge in [0.2, 0.25) is 0 Å². The van der Waals surface area contributed by atoms with Crippen LogP contribution in [0.3, 0.4) is 0 Å². The van der Waals surface area contributed by atoms with Crippen LogP contribution in [0.1, 0.15) is 32.1 Å². The maximum absolute atomic E-state index is 11.1. The SMILES string of the molecule is C=CC1(C2(O)CCCCC2)C=CC(S(=O)(=O)O)C=C1. The van der Waals surface area contributed by atoms with E-state index in [0.717, 1.165) is 19.3 Å². The first-order valence-corrected chi connectivity index (χ1v) is 8.04. The lowest BCUT2D eigenvalue weighted by atomic mass is 9.63. The molecule has 2 aliphatic carbocycles. The second-order valence-corrected chi connectivity index (χ2v) is 7.00. The lowest BCUT2D eigenvalue weighted by Gasteiger charge is -2.45. The molecule has 5 heteroatoms. The van der Waals surface area contributed by atoms with E-state index in [1.165, 1.54) is 12.2 Å². The third kappa shape index (κ3) is 2.55. The minimum absolute atomic E-state index is 0.671. The Labute approximate surface area is 114 Å². The van der Waals surface area contributed by atoms with Crippen LogP contribution in [-0.2, 0) is 10.1 Å². The van der Waals surface area contributed by atoms with Crippen LogP contribution >= 0.6 is 0 Å². The molecule has 0 radical (unpaired) electrons. The molecule has 0 atom stereocenters. The van der Waals surface area contributed by atoms with Gasteiger partial charge in [-0.1, -0.05) is 49.6 Å². The fourth-order valence-corrected chi connectivity index (χ4v) is 3.59. The molecule has 0 aromatic heterocycles. The Morgan fingerprint density at radius 3 is 2.11 bits per heavy atom. The molecule has 1 fully saturated rings. The summed E-state index contributed by atoms with van der Waals surface area (Å²) < 4.78 is 31.3. The minimum Gasteiger partial charge on any atom is -0.388 e. The average molecular weight is 284 g/mol. The van der Waals surface area contributed by atoms with Crippen LogP contribution in [0.2, 0.25) is 0 Å². The third-order valence-corrected chi connectivity index (χ3v) is 5.29. The Morgan fingerprint density at radius 1 is 1.16 bits per heavy atom. The summed E-state index contributed by atoms with van der Waals surface area (Å²) in [6.45, 7) is 3.79. The summed E-state index contributed by atoms with van der Waals surface area (Å²) in [6.07, 6.45) is 12.2. The molecule has 0 unspecified atom stereocenters. The van der Waals surface area contributed by atoms with Gasteiger partial charge in [0.15, 0.2) is 0 Å². The largest absolute Gasteiger partial charge is 0.388 e. The summed E-state index contributed by atoms with van der Waals surface area (Å²) in [7, 11) is -4.12. The maximum Gasteiger partial charge on any atom is 0.275 e. The van der Waals surface area contributed by atoms with Crippen molar-refractivity contribution in [2.45, 2.75) is 43.0 Å². The van der Waals surface area contributed by atoms with E-state index in [1.54, 1.807) is 18.2 Å². The fourth-order valence-electron chi connectivity index (χ4n) is 3.03. The smallest absolute Gasteiger partial charge is 0.275 e. The molecule has 2 rings (SSSR count). The van der Waals surface area contributed by atoms with Gasteiger partial charge in [-0.25, -0.2) is 0 Å². The Hall–Kier alpha value is -0.910. The molecule has 0 aliphatic heterocycles. The topological polar surface area (TPSA) is 74.6 Å². The summed E-state index contributed by atoms with van der Waals surface area (Å²) >= 11 is 0. The standard InChI is InChI=1S/C14H20O4S/c1-2-13(14(15)8-4-3-5-9-14)10-6-12(7-11-13)19(16,17)18/h2,6-7,10-12,15H,1,3-5,8-9H2,(H,16,17,18). The predicted octanol–water partition coefficient (Wildman–Crippen LogP) is 2.24. The number of aliphatic hydroxyl groups is 1. The van der Waals surface area contributed by atoms with Gasteiger partial charge in [0.05, 0.1) is 11.0 Å². The molecule has 0 aromatic carbocycles. The molecule has 4 nitrogen and oxygen atoms in total. The van der Waals surface area contributed by atoms with Crippen molar-refractivity contribution >= 4 is 10.1 Å². The van der Waals surface area contributed by atoms with Crippen LogP contribution < -0.4 is 0 Å². The summed E-state index contributed by atoms with van der Waals surface area (Å²) in [4.78, 5) is 0. The van der Waals surface area contributed by atoms with E-state index >= 15 is 0 Å². The van der Waals surface area contributed by atoms with Crippen molar-refractivity contribution in [3.63, 3.8) is 0 Å². The van der Waals surface area contributed by atoms with Crippen molar-refractivity contribution < 1.29 is 18.1 Å². The average Bonchev–Trinajstić information content (AvgIpc) is 2.38. The summed E-state index contributed by atoms with van der Waals surface area (Å²) in [5, 5.41) is 9.82. The van der Waals surface area contributed by atoms with Crippen LogP contribution in [0.25, 0.3) is 0 Å².